The lowest BCUT2D eigenvalue weighted by atomic mass is 10.2. The van der Waals surface area contributed by atoms with E-state index in [0.717, 1.165) is 22.8 Å². The molecule has 2 heterocycles. The Kier molecular flexibility index (Phi) is 5.66. The van der Waals surface area contributed by atoms with Crippen LogP contribution in [0.2, 0.25) is 0 Å². The molecule has 33 heavy (non-hydrogen) atoms. The Morgan fingerprint density at radius 2 is 1.67 bits per heavy atom. The summed E-state index contributed by atoms with van der Waals surface area (Å²) in [5.41, 5.74) is 2.39. The van der Waals surface area contributed by atoms with Gasteiger partial charge in [0.25, 0.3) is 5.56 Å². The summed E-state index contributed by atoms with van der Waals surface area (Å²) in [5.74, 6) is 2.09. The summed E-state index contributed by atoms with van der Waals surface area (Å²) in [6, 6.07) is 25.0. The number of ether oxygens (including phenoxy) is 1. The highest BCUT2D eigenvalue weighted by molar-refractivity contribution is 7.99. The number of hydrogen-bond donors (Lipinski definition) is 1. The first-order chi connectivity index (χ1) is 16.1. The van der Waals surface area contributed by atoms with Crippen LogP contribution < -0.4 is 10.3 Å². The number of nitrogens with zero attached hydrogens (tertiary/aromatic N) is 4. The van der Waals surface area contributed by atoms with E-state index in [4.69, 9.17) is 4.74 Å². The molecule has 0 radical (unpaired) electrons. The zero-order valence-corrected chi connectivity index (χ0v) is 18.9. The van der Waals surface area contributed by atoms with Gasteiger partial charge in [-0.05, 0) is 55.5 Å². The minimum Gasteiger partial charge on any atom is -0.497 e. The van der Waals surface area contributed by atoms with E-state index in [2.05, 4.69) is 20.2 Å². The van der Waals surface area contributed by atoms with Crippen molar-refractivity contribution >= 4 is 22.7 Å². The highest BCUT2D eigenvalue weighted by Gasteiger charge is 2.20. The topological polar surface area (TPSA) is 85.7 Å². The first kappa shape index (κ1) is 21.0. The number of aromatic amines is 1. The van der Waals surface area contributed by atoms with Crippen molar-refractivity contribution in [2.45, 2.75) is 17.3 Å². The van der Waals surface area contributed by atoms with Gasteiger partial charge in [0.15, 0.2) is 11.0 Å². The molecular formula is C25H21N5O2S. The van der Waals surface area contributed by atoms with E-state index in [1.54, 1.807) is 13.2 Å². The molecule has 3 aromatic carbocycles. The highest BCUT2D eigenvalue weighted by atomic mass is 32.2. The first-order valence-electron chi connectivity index (χ1n) is 10.4. The summed E-state index contributed by atoms with van der Waals surface area (Å²) in [7, 11) is 1.64. The summed E-state index contributed by atoms with van der Waals surface area (Å²) in [6.07, 6.45) is 0. The summed E-state index contributed by atoms with van der Waals surface area (Å²) in [5, 5.41) is 10.1. The van der Waals surface area contributed by atoms with Gasteiger partial charge in [0.2, 0.25) is 0 Å². The number of nitrogens with one attached hydrogen (secondary N) is 1. The molecule has 0 aliphatic heterocycles. The Labute approximate surface area is 194 Å². The molecule has 0 fully saturated rings. The van der Waals surface area contributed by atoms with Gasteiger partial charge in [-0.2, -0.15) is 0 Å². The molecule has 0 amide bonds. The largest absolute Gasteiger partial charge is 0.497 e. The number of thioether (sulfide) groups is 1. The van der Waals surface area contributed by atoms with Crippen LogP contribution in [0.1, 0.15) is 18.0 Å². The van der Waals surface area contributed by atoms with Gasteiger partial charge in [-0.3, -0.25) is 9.36 Å². The second-order valence-electron chi connectivity index (χ2n) is 7.43. The molecule has 0 bridgehead atoms. The van der Waals surface area contributed by atoms with E-state index < -0.39 is 0 Å². The maximum Gasteiger partial charge on any atom is 0.258 e. The van der Waals surface area contributed by atoms with E-state index in [1.807, 2.05) is 84.3 Å². The van der Waals surface area contributed by atoms with Crippen molar-refractivity contribution in [2.75, 3.05) is 7.11 Å². The molecule has 8 heteroatoms. The lowest BCUT2D eigenvalue weighted by molar-refractivity contribution is 0.415. The molecule has 0 saturated heterocycles. The maximum atomic E-state index is 12.5. The third-order valence-electron chi connectivity index (χ3n) is 5.29. The molecule has 2 aromatic heterocycles. The molecule has 1 atom stereocenters. The van der Waals surface area contributed by atoms with Gasteiger partial charge in [0.05, 0.1) is 23.3 Å². The molecule has 0 aliphatic rings. The van der Waals surface area contributed by atoms with Crippen LogP contribution in [-0.2, 0) is 0 Å². The van der Waals surface area contributed by atoms with Crippen LogP contribution in [0, 0.1) is 0 Å². The minimum atomic E-state index is -0.155. The van der Waals surface area contributed by atoms with Gasteiger partial charge in [0, 0.05) is 11.3 Å². The van der Waals surface area contributed by atoms with E-state index in [9.17, 15) is 4.79 Å². The van der Waals surface area contributed by atoms with Gasteiger partial charge in [0.1, 0.15) is 11.6 Å². The molecule has 1 unspecified atom stereocenters. The zero-order valence-electron chi connectivity index (χ0n) is 18.1. The van der Waals surface area contributed by atoms with Crippen LogP contribution in [0.25, 0.3) is 28.0 Å². The standard InChI is InChI=1S/C25H21N5O2S/c1-16(22-26-21-11-7-6-10-20(21)24(31)27-22)33-25-29-28-23(17-12-14-19(32-2)15-13-17)30(25)18-8-4-3-5-9-18/h3-16H,1-2H3,(H,26,27,31). The zero-order chi connectivity index (χ0) is 22.8. The Hall–Kier alpha value is -3.91. The fraction of sp³-hybridized carbons (Fsp3) is 0.120. The smallest absolute Gasteiger partial charge is 0.258 e. The Balaban J connectivity index is 1.55. The number of rotatable bonds is 6. The first-order valence-corrected chi connectivity index (χ1v) is 11.3. The number of aromatic nitrogens is 5. The van der Waals surface area contributed by atoms with Gasteiger partial charge in [-0.1, -0.05) is 42.1 Å². The average Bonchev–Trinajstić information content (AvgIpc) is 3.28. The van der Waals surface area contributed by atoms with Crippen LogP contribution in [0.15, 0.2) is 88.8 Å². The van der Waals surface area contributed by atoms with Crippen LogP contribution in [0.4, 0.5) is 0 Å². The van der Waals surface area contributed by atoms with Crippen molar-refractivity contribution in [3.8, 4) is 22.8 Å². The van der Waals surface area contributed by atoms with Crippen molar-refractivity contribution in [3.63, 3.8) is 0 Å². The summed E-state index contributed by atoms with van der Waals surface area (Å²) in [6.45, 7) is 1.99. The van der Waals surface area contributed by atoms with E-state index in [-0.39, 0.29) is 10.8 Å². The van der Waals surface area contributed by atoms with E-state index in [0.29, 0.717) is 21.9 Å². The number of fused-ring (bicyclic) bond motifs is 1. The molecule has 1 N–H and O–H groups in total. The average molecular weight is 456 g/mol. The predicted octanol–water partition coefficient (Wildman–Crippen LogP) is 5.03. The molecule has 0 saturated carbocycles. The van der Waals surface area contributed by atoms with Crippen molar-refractivity contribution in [1.82, 2.24) is 24.7 Å². The quantitative estimate of drug-likeness (QED) is 0.361. The molecule has 164 valence electrons. The molecule has 0 aliphatic carbocycles. The minimum absolute atomic E-state index is 0.147. The number of methoxy groups -OCH3 is 1. The van der Waals surface area contributed by atoms with Crippen LogP contribution >= 0.6 is 11.8 Å². The number of hydrogen-bond acceptors (Lipinski definition) is 6. The fourth-order valence-corrected chi connectivity index (χ4v) is 4.52. The molecule has 7 nitrogen and oxygen atoms in total. The Morgan fingerprint density at radius 1 is 0.939 bits per heavy atom. The molecular weight excluding hydrogens is 434 g/mol. The summed E-state index contributed by atoms with van der Waals surface area (Å²) < 4.78 is 7.30. The number of H-pyrrole nitrogens is 1. The fourth-order valence-electron chi connectivity index (χ4n) is 3.59. The lowest BCUT2D eigenvalue weighted by Gasteiger charge is -2.14. The maximum absolute atomic E-state index is 12.5. The van der Waals surface area contributed by atoms with Gasteiger partial charge in [-0.15, -0.1) is 10.2 Å². The van der Waals surface area contributed by atoms with Gasteiger partial charge < -0.3 is 9.72 Å². The molecule has 0 spiro atoms. The van der Waals surface area contributed by atoms with Crippen LogP contribution in [-0.4, -0.2) is 31.8 Å². The van der Waals surface area contributed by atoms with Gasteiger partial charge in [-0.25, -0.2) is 4.98 Å². The SMILES string of the molecule is COc1ccc(-c2nnc(SC(C)c3nc4ccccc4c(=O)[nH]3)n2-c2ccccc2)cc1. The Morgan fingerprint density at radius 3 is 2.42 bits per heavy atom. The van der Waals surface area contributed by atoms with Crippen molar-refractivity contribution in [2.24, 2.45) is 0 Å². The number of para-hydroxylation sites is 2. The highest BCUT2D eigenvalue weighted by Crippen LogP contribution is 2.36. The van der Waals surface area contributed by atoms with Gasteiger partial charge >= 0.3 is 0 Å². The van der Waals surface area contributed by atoms with Crippen LogP contribution in [0.3, 0.4) is 0 Å². The second-order valence-corrected chi connectivity index (χ2v) is 8.74. The van der Waals surface area contributed by atoms with Crippen molar-refractivity contribution in [1.29, 1.82) is 0 Å². The molecule has 5 rings (SSSR count). The van der Waals surface area contributed by atoms with Crippen molar-refractivity contribution in [3.05, 3.63) is 95.0 Å². The van der Waals surface area contributed by atoms with E-state index >= 15 is 0 Å². The van der Waals surface area contributed by atoms with Crippen molar-refractivity contribution < 1.29 is 4.74 Å². The lowest BCUT2D eigenvalue weighted by Crippen LogP contribution is -2.13. The Bertz CT molecular complexity index is 1460. The molecule has 5 aromatic rings. The normalized spacial score (nSPS) is 12.1. The third kappa shape index (κ3) is 4.12. The van der Waals surface area contributed by atoms with Crippen LogP contribution in [0.5, 0.6) is 5.75 Å². The monoisotopic (exact) mass is 455 g/mol. The predicted molar refractivity (Wildman–Crippen MR) is 130 cm³/mol. The summed E-state index contributed by atoms with van der Waals surface area (Å²) >= 11 is 1.49. The van der Waals surface area contributed by atoms with E-state index in [1.165, 1.54) is 11.8 Å². The second kappa shape index (κ2) is 8.91. The third-order valence-corrected chi connectivity index (χ3v) is 6.35. The summed E-state index contributed by atoms with van der Waals surface area (Å²) in [4.78, 5) is 20.1. The number of benzene rings is 3.